The van der Waals surface area contributed by atoms with Crippen LogP contribution in [0.3, 0.4) is 0 Å². The number of carboxylic acid groups (broad SMARTS) is 1. The Bertz CT molecular complexity index is 409. The molecule has 1 heterocycles. The average Bonchev–Trinajstić information content (AvgIpc) is 2.36. The molecule has 1 aliphatic heterocycles. The Morgan fingerprint density at radius 2 is 1.57 bits per heavy atom. The monoisotopic (exact) mass is 299 g/mol. The van der Waals surface area contributed by atoms with Crippen LogP contribution in [0.1, 0.15) is 34.1 Å². The van der Waals surface area contributed by atoms with E-state index in [4.69, 9.17) is 5.11 Å². The molecule has 0 aromatic rings. The van der Waals surface area contributed by atoms with E-state index < -0.39 is 12.0 Å². The number of carbonyl (C=O) groups is 3. The standard InChI is InChI=1S/C14H25N3O4/c1-10(18)16-5-7-17(8-6-16)13(21)15-11(9-12(19)20)14(2,3)4/h11H,5-9H2,1-4H3,(H,15,21)(H,19,20). The number of piperazine rings is 1. The molecular weight excluding hydrogens is 274 g/mol. The Morgan fingerprint density at radius 3 is 1.95 bits per heavy atom. The van der Waals surface area contributed by atoms with Gasteiger partial charge in [-0.25, -0.2) is 4.79 Å². The zero-order chi connectivity index (χ0) is 16.2. The van der Waals surface area contributed by atoms with E-state index in [1.54, 1.807) is 9.80 Å². The molecule has 1 fully saturated rings. The number of hydrogen-bond donors (Lipinski definition) is 2. The van der Waals surface area contributed by atoms with Gasteiger partial charge in [0, 0.05) is 39.1 Å². The van der Waals surface area contributed by atoms with Crippen LogP contribution >= 0.6 is 0 Å². The minimum Gasteiger partial charge on any atom is -0.481 e. The van der Waals surface area contributed by atoms with Gasteiger partial charge in [0.1, 0.15) is 0 Å². The molecule has 1 aliphatic rings. The van der Waals surface area contributed by atoms with Gasteiger partial charge in [0.15, 0.2) is 0 Å². The van der Waals surface area contributed by atoms with Crippen LogP contribution in [0.2, 0.25) is 0 Å². The van der Waals surface area contributed by atoms with Crippen molar-refractivity contribution in [1.29, 1.82) is 0 Å². The Hall–Kier alpha value is -1.79. The average molecular weight is 299 g/mol. The summed E-state index contributed by atoms with van der Waals surface area (Å²) in [6, 6.07) is -0.701. The van der Waals surface area contributed by atoms with Crippen molar-refractivity contribution in [3.63, 3.8) is 0 Å². The summed E-state index contributed by atoms with van der Waals surface area (Å²) in [6.45, 7) is 9.17. The van der Waals surface area contributed by atoms with Gasteiger partial charge in [-0.1, -0.05) is 20.8 Å². The van der Waals surface area contributed by atoms with Crippen molar-refractivity contribution < 1.29 is 19.5 Å². The molecule has 1 rings (SSSR count). The maximum Gasteiger partial charge on any atom is 0.317 e. The molecule has 0 aromatic heterocycles. The van der Waals surface area contributed by atoms with Gasteiger partial charge in [0.25, 0.3) is 0 Å². The molecular formula is C14H25N3O4. The first-order valence-electron chi connectivity index (χ1n) is 7.14. The van der Waals surface area contributed by atoms with E-state index in [0.717, 1.165) is 0 Å². The van der Waals surface area contributed by atoms with Gasteiger partial charge in [0.2, 0.25) is 5.91 Å². The van der Waals surface area contributed by atoms with Crippen LogP contribution in [0.25, 0.3) is 0 Å². The number of carboxylic acids is 1. The van der Waals surface area contributed by atoms with Crippen LogP contribution in [0, 0.1) is 5.41 Å². The highest BCUT2D eigenvalue weighted by atomic mass is 16.4. The molecule has 21 heavy (non-hydrogen) atoms. The fraction of sp³-hybridized carbons (Fsp3) is 0.786. The lowest BCUT2D eigenvalue weighted by molar-refractivity contribution is -0.138. The second-order valence-corrected chi connectivity index (χ2v) is 6.46. The summed E-state index contributed by atoms with van der Waals surface area (Å²) >= 11 is 0. The second kappa shape index (κ2) is 6.78. The predicted molar refractivity (Wildman–Crippen MR) is 77.9 cm³/mol. The van der Waals surface area contributed by atoms with Crippen molar-refractivity contribution in [1.82, 2.24) is 15.1 Å². The Kier molecular flexibility index (Phi) is 5.57. The first-order chi connectivity index (χ1) is 9.61. The third-order valence-electron chi connectivity index (χ3n) is 3.73. The number of carbonyl (C=O) groups excluding carboxylic acids is 2. The van der Waals surface area contributed by atoms with Crippen LogP contribution in [0.15, 0.2) is 0 Å². The van der Waals surface area contributed by atoms with Gasteiger partial charge < -0.3 is 20.2 Å². The number of nitrogens with one attached hydrogen (secondary N) is 1. The molecule has 0 spiro atoms. The Balaban J connectivity index is 2.59. The van der Waals surface area contributed by atoms with Crippen LogP contribution in [-0.2, 0) is 9.59 Å². The maximum absolute atomic E-state index is 12.2. The van der Waals surface area contributed by atoms with Crippen molar-refractivity contribution in [3.8, 4) is 0 Å². The summed E-state index contributed by atoms with van der Waals surface area (Å²) in [5.74, 6) is -0.926. The maximum atomic E-state index is 12.2. The van der Waals surface area contributed by atoms with Crippen molar-refractivity contribution in [3.05, 3.63) is 0 Å². The topological polar surface area (TPSA) is 90.0 Å². The first kappa shape index (κ1) is 17.3. The zero-order valence-electron chi connectivity index (χ0n) is 13.2. The molecule has 0 radical (unpaired) electrons. The molecule has 0 aromatic carbocycles. The smallest absolute Gasteiger partial charge is 0.317 e. The fourth-order valence-electron chi connectivity index (χ4n) is 2.21. The molecule has 0 bridgehead atoms. The van der Waals surface area contributed by atoms with Crippen LogP contribution < -0.4 is 5.32 Å². The minimum atomic E-state index is -0.934. The van der Waals surface area contributed by atoms with Crippen LogP contribution in [0.4, 0.5) is 4.79 Å². The number of nitrogens with zero attached hydrogens (tertiary/aromatic N) is 2. The minimum absolute atomic E-state index is 0.00787. The number of amides is 3. The van der Waals surface area contributed by atoms with E-state index in [1.807, 2.05) is 20.8 Å². The summed E-state index contributed by atoms with van der Waals surface area (Å²) < 4.78 is 0. The van der Waals surface area contributed by atoms with Gasteiger partial charge in [-0.3, -0.25) is 9.59 Å². The van der Waals surface area contributed by atoms with Gasteiger partial charge >= 0.3 is 12.0 Å². The predicted octanol–water partition coefficient (Wildman–Crippen LogP) is 0.750. The molecule has 2 N–H and O–H groups in total. The summed E-state index contributed by atoms with van der Waals surface area (Å²) in [7, 11) is 0. The Morgan fingerprint density at radius 1 is 1.10 bits per heavy atom. The summed E-state index contributed by atoms with van der Waals surface area (Å²) in [5, 5.41) is 11.8. The van der Waals surface area contributed by atoms with E-state index in [9.17, 15) is 14.4 Å². The van der Waals surface area contributed by atoms with Gasteiger partial charge in [-0.05, 0) is 5.41 Å². The molecule has 1 unspecified atom stereocenters. The third-order valence-corrected chi connectivity index (χ3v) is 3.73. The number of rotatable bonds is 3. The van der Waals surface area contributed by atoms with Crippen LogP contribution in [-0.4, -0.2) is 65.0 Å². The largest absolute Gasteiger partial charge is 0.481 e. The van der Waals surface area contributed by atoms with Crippen molar-refractivity contribution >= 4 is 17.9 Å². The summed E-state index contributed by atoms with van der Waals surface area (Å²) in [5.41, 5.74) is -0.338. The van der Waals surface area contributed by atoms with Gasteiger partial charge in [-0.2, -0.15) is 0 Å². The van der Waals surface area contributed by atoms with E-state index in [2.05, 4.69) is 5.32 Å². The van der Waals surface area contributed by atoms with Gasteiger partial charge in [-0.15, -0.1) is 0 Å². The van der Waals surface area contributed by atoms with E-state index in [0.29, 0.717) is 26.2 Å². The highest BCUT2D eigenvalue weighted by molar-refractivity contribution is 5.77. The van der Waals surface area contributed by atoms with E-state index in [1.165, 1.54) is 6.92 Å². The summed E-state index contributed by atoms with van der Waals surface area (Å²) in [6.07, 6.45) is -0.108. The van der Waals surface area contributed by atoms with Gasteiger partial charge in [0.05, 0.1) is 6.42 Å². The quantitative estimate of drug-likeness (QED) is 0.804. The molecule has 0 saturated carbocycles. The normalized spacial score (nSPS) is 17.3. The fourth-order valence-corrected chi connectivity index (χ4v) is 2.21. The zero-order valence-corrected chi connectivity index (χ0v) is 13.2. The number of aliphatic carboxylic acids is 1. The number of urea groups is 1. The lowest BCUT2D eigenvalue weighted by atomic mass is 9.85. The van der Waals surface area contributed by atoms with Crippen molar-refractivity contribution in [2.75, 3.05) is 26.2 Å². The van der Waals surface area contributed by atoms with Crippen molar-refractivity contribution in [2.45, 2.75) is 40.2 Å². The molecule has 7 heteroatoms. The molecule has 1 atom stereocenters. The number of hydrogen-bond acceptors (Lipinski definition) is 3. The first-order valence-corrected chi connectivity index (χ1v) is 7.14. The lowest BCUT2D eigenvalue weighted by Crippen LogP contribution is -2.56. The summed E-state index contributed by atoms with van der Waals surface area (Å²) in [4.78, 5) is 37.7. The third kappa shape index (κ3) is 5.24. The molecule has 120 valence electrons. The Labute approximate surface area is 125 Å². The molecule has 7 nitrogen and oxygen atoms in total. The molecule has 0 aliphatic carbocycles. The molecule has 1 saturated heterocycles. The van der Waals surface area contributed by atoms with Crippen molar-refractivity contribution in [2.24, 2.45) is 5.41 Å². The lowest BCUT2D eigenvalue weighted by Gasteiger charge is -2.37. The SMILES string of the molecule is CC(=O)N1CCN(C(=O)NC(CC(=O)O)C(C)(C)C)CC1. The highest BCUT2D eigenvalue weighted by Crippen LogP contribution is 2.22. The van der Waals surface area contributed by atoms with Crippen LogP contribution in [0.5, 0.6) is 0 Å². The second-order valence-electron chi connectivity index (χ2n) is 6.46. The van der Waals surface area contributed by atoms with E-state index in [-0.39, 0.29) is 23.8 Å². The highest BCUT2D eigenvalue weighted by Gasteiger charge is 2.31. The van der Waals surface area contributed by atoms with E-state index >= 15 is 0 Å². The molecule has 3 amide bonds.